The van der Waals surface area contributed by atoms with Crippen LogP contribution in [0.15, 0.2) is 47.4 Å². The Morgan fingerprint density at radius 2 is 1.81 bits per heavy atom. The van der Waals surface area contributed by atoms with Crippen molar-refractivity contribution in [2.75, 3.05) is 6.26 Å². The third kappa shape index (κ3) is 4.03. The van der Waals surface area contributed by atoms with E-state index in [0.717, 1.165) is 6.26 Å². The van der Waals surface area contributed by atoms with Crippen molar-refractivity contribution in [1.29, 1.82) is 0 Å². The molecule has 1 N–H and O–H groups in total. The fraction of sp³-hybridized carbons (Fsp3) is 0.200. The number of hydrogen-bond donors (Lipinski definition) is 1. The molecule has 0 aliphatic rings. The smallest absolute Gasteiger partial charge is 0.175 e. The summed E-state index contributed by atoms with van der Waals surface area (Å²) in [6, 6.07) is 10.3. The zero-order valence-corrected chi connectivity index (χ0v) is 12.8. The van der Waals surface area contributed by atoms with Gasteiger partial charge in [-0.15, -0.1) is 0 Å². The molecule has 0 fully saturated rings. The van der Waals surface area contributed by atoms with Crippen LogP contribution in [0, 0.1) is 5.82 Å². The minimum Gasteiger partial charge on any atom is -0.388 e. The van der Waals surface area contributed by atoms with Gasteiger partial charge in [0.25, 0.3) is 0 Å². The Hall–Kier alpha value is -1.43. The van der Waals surface area contributed by atoms with Gasteiger partial charge in [0.1, 0.15) is 5.82 Å². The predicted molar refractivity (Wildman–Crippen MR) is 79.6 cm³/mol. The van der Waals surface area contributed by atoms with Gasteiger partial charge in [-0.3, -0.25) is 0 Å². The number of halogens is 2. The molecule has 1 unspecified atom stereocenters. The van der Waals surface area contributed by atoms with Crippen LogP contribution in [0.4, 0.5) is 4.39 Å². The van der Waals surface area contributed by atoms with Crippen molar-refractivity contribution < 1.29 is 17.9 Å². The standard InChI is InChI=1S/C15H14ClFO3S/c1-21(19,20)12-5-3-11(4-6-12)15(18)9-10-2-7-13(16)14(17)8-10/h2-8,15,18H,9H2,1H3. The largest absolute Gasteiger partial charge is 0.388 e. The maximum Gasteiger partial charge on any atom is 0.175 e. The molecule has 0 radical (unpaired) electrons. The Labute approximate surface area is 127 Å². The fourth-order valence-electron chi connectivity index (χ4n) is 1.94. The van der Waals surface area contributed by atoms with Crippen LogP contribution in [0.25, 0.3) is 0 Å². The zero-order valence-electron chi connectivity index (χ0n) is 11.3. The molecule has 2 aromatic rings. The number of aliphatic hydroxyl groups excluding tert-OH is 1. The maximum atomic E-state index is 13.3. The van der Waals surface area contributed by atoms with E-state index in [9.17, 15) is 17.9 Å². The van der Waals surface area contributed by atoms with Crippen molar-refractivity contribution >= 4 is 21.4 Å². The van der Waals surface area contributed by atoms with E-state index in [-0.39, 0.29) is 16.3 Å². The summed E-state index contributed by atoms with van der Waals surface area (Å²) in [5.74, 6) is -0.534. The highest BCUT2D eigenvalue weighted by molar-refractivity contribution is 7.90. The van der Waals surface area contributed by atoms with Crippen molar-refractivity contribution in [2.24, 2.45) is 0 Å². The minimum absolute atomic E-state index is 0.0331. The molecule has 3 nitrogen and oxygen atoms in total. The van der Waals surface area contributed by atoms with E-state index in [1.807, 2.05) is 0 Å². The highest BCUT2D eigenvalue weighted by atomic mass is 35.5. The predicted octanol–water partition coefficient (Wildman–Crippen LogP) is 3.16. The van der Waals surface area contributed by atoms with Crippen molar-refractivity contribution in [3.63, 3.8) is 0 Å². The van der Waals surface area contributed by atoms with Gasteiger partial charge in [0.05, 0.1) is 16.0 Å². The van der Waals surface area contributed by atoms with Crippen molar-refractivity contribution in [3.8, 4) is 0 Å². The third-order valence-electron chi connectivity index (χ3n) is 3.11. The van der Waals surface area contributed by atoms with Gasteiger partial charge < -0.3 is 5.11 Å². The molecule has 6 heteroatoms. The van der Waals surface area contributed by atoms with E-state index in [0.29, 0.717) is 11.1 Å². The molecule has 0 aromatic heterocycles. The molecule has 2 rings (SSSR count). The number of benzene rings is 2. The molecule has 0 saturated carbocycles. The first-order valence-electron chi connectivity index (χ1n) is 6.19. The minimum atomic E-state index is -3.26. The molecule has 21 heavy (non-hydrogen) atoms. The summed E-state index contributed by atoms with van der Waals surface area (Å²) in [5, 5.41) is 10.2. The molecule has 1 atom stereocenters. The lowest BCUT2D eigenvalue weighted by molar-refractivity contribution is 0.178. The average molecular weight is 329 g/mol. The lowest BCUT2D eigenvalue weighted by Crippen LogP contribution is -2.03. The van der Waals surface area contributed by atoms with Gasteiger partial charge in [0, 0.05) is 12.7 Å². The molecule has 112 valence electrons. The molecule has 0 saturated heterocycles. The van der Waals surface area contributed by atoms with Crippen LogP contribution in [0.3, 0.4) is 0 Å². The molecule has 2 aromatic carbocycles. The topological polar surface area (TPSA) is 54.4 Å². The number of aliphatic hydroxyl groups is 1. The van der Waals surface area contributed by atoms with Crippen LogP contribution >= 0.6 is 11.6 Å². The molecule has 0 aliphatic heterocycles. The zero-order chi connectivity index (χ0) is 15.6. The average Bonchev–Trinajstić information content (AvgIpc) is 2.42. The Morgan fingerprint density at radius 3 is 2.33 bits per heavy atom. The van der Waals surface area contributed by atoms with E-state index in [4.69, 9.17) is 11.6 Å². The van der Waals surface area contributed by atoms with Crippen LogP contribution in [0.1, 0.15) is 17.2 Å². The summed E-state index contributed by atoms with van der Waals surface area (Å²) in [7, 11) is -3.26. The van der Waals surface area contributed by atoms with E-state index < -0.39 is 21.8 Å². The first kappa shape index (κ1) is 15.9. The molecular weight excluding hydrogens is 315 g/mol. The number of sulfone groups is 1. The molecule has 0 spiro atoms. The summed E-state index contributed by atoms with van der Waals surface area (Å²) in [6.45, 7) is 0. The van der Waals surface area contributed by atoms with E-state index in [2.05, 4.69) is 0 Å². The highest BCUT2D eigenvalue weighted by Gasteiger charge is 2.12. The lowest BCUT2D eigenvalue weighted by atomic mass is 10.0. The van der Waals surface area contributed by atoms with Crippen LogP contribution in [-0.2, 0) is 16.3 Å². The Morgan fingerprint density at radius 1 is 1.19 bits per heavy atom. The number of rotatable bonds is 4. The van der Waals surface area contributed by atoms with Crippen LogP contribution < -0.4 is 0 Å². The quantitative estimate of drug-likeness (QED) is 0.938. The second kappa shape index (κ2) is 6.13. The van der Waals surface area contributed by atoms with Gasteiger partial charge >= 0.3 is 0 Å². The summed E-state index contributed by atoms with van der Waals surface area (Å²) < 4.78 is 36.1. The van der Waals surface area contributed by atoms with Crippen LogP contribution in [-0.4, -0.2) is 19.8 Å². The first-order chi connectivity index (χ1) is 9.77. The van der Waals surface area contributed by atoms with Gasteiger partial charge in [-0.1, -0.05) is 29.8 Å². The van der Waals surface area contributed by atoms with Gasteiger partial charge in [0.15, 0.2) is 9.84 Å². The SMILES string of the molecule is CS(=O)(=O)c1ccc(C(O)Cc2ccc(Cl)c(F)c2)cc1. The summed E-state index contributed by atoms with van der Waals surface area (Å²) in [4.78, 5) is 0.191. The van der Waals surface area contributed by atoms with E-state index >= 15 is 0 Å². The molecule has 0 heterocycles. The fourth-order valence-corrected chi connectivity index (χ4v) is 2.69. The molecule has 0 amide bonds. The van der Waals surface area contributed by atoms with Gasteiger partial charge in [0.2, 0.25) is 0 Å². The number of hydrogen-bond acceptors (Lipinski definition) is 3. The van der Waals surface area contributed by atoms with Crippen LogP contribution in [0.5, 0.6) is 0 Å². The molecule has 0 aliphatic carbocycles. The Kier molecular flexibility index (Phi) is 4.66. The molecular formula is C15H14ClFO3S. The summed E-state index contributed by atoms with van der Waals surface area (Å²) in [5.41, 5.74) is 1.18. The Bertz CT molecular complexity index is 742. The van der Waals surface area contributed by atoms with Gasteiger partial charge in [-0.2, -0.15) is 0 Å². The molecule has 0 bridgehead atoms. The third-order valence-corrected chi connectivity index (χ3v) is 4.54. The second-order valence-electron chi connectivity index (χ2n) is 4.81. The highest BCUT2D eigenvalue weighted by Crippen LogP contribution is 2.22. The van der Waals surface area contributed by atoms with Crippen LogP contribution in [0.2, 0.25) is 5.02 Å². The summed E-state index contributed by atoms with van der Waals surface area (Å²) >= 11 is 5.60. The maximum absolute atomic E-state index is 13.3. The first-order valence-corrected chi connectivity index (χ1v) is 8.46. The van der Waals surface area contributed by atoms with Crippen molar-refractivity contribution in [2.45, 2.75) is 17.4 Å². The van der Waals surface area contributed by atoms with Gasteiger partial charge in [-0.25, -0.2) is 12.8 Å². The summed E-state index contributed by atoms with van der Waals surface area (Å²) in [6.07, 6.45) is 0.487. The second-order valence-corrected chi connectivity index (χ2v) is 7.23. The van der Waals surface area contributed by atoms with E-state index in [1.165, 1.54) is 24.3 Å². The van der Waals surface area contributed by atoms with Crippen molar-refractivity contribution in [3.05, 3.63) is 64.4 Å². The van der Waals surface area contributed by atoms with Crippen molar-refractivity contribution in [1.82, 2.24) is 0 Å². The van der Waals surface area contributed by atoms with E-state index in [1.54, 1.807) is 18.2 Å². The normalized spacial score (nSPS) is 13.1. The monoisotopic (exact) mass is 328 g/mol. The lowest BCUT2D eigenvalue weighted by Gasteiger charge is -2.12. The van der Waals surface area contributed by atoms with Gasteiger partial charge in [-0.05, 0) is 35.4 Å². The Balaban J connectivity index is 2.16.